The number of carboxylic acids is 1. The van der Waals surface area contributed by atoms with Gasteiger partial charge in [-0.15, -0.1) is 11.3 Å². The Morgan fingerprint density at radius 2 is 2.32 bits per heavy atom. The summed E-state index contributed by atoms with van der Waals surface area (Å²) in [4.78, 5) is 11.1. The third-order valence-corrected chi connectivity index (χ3v) is 6.40. The van der Waals surface area contributed by atoms with Crippen molar-refractivity contribution in [3.8, 4) is 0 Å². The van der Waals surface area contributed by atoms with Gasteiger partial charge in [-0.2, -0.15) is 4.31 Å². The molecule has 0 aliphatic carbocycles. The number of thiophene rings is 1. The fourth-order valence-electron chi connectivity index (χ4n) is 1.93. The van der Waals surface area contributed by atoms with Gasteiger partial charge in [0.2, 0.25) is 0 Å². The van der Waals surface area contributed by atoms with E-state index >= 15 is 0 Å². The van der Waals surface area contributed by atoms with E-state index in [1.165, 1.54) is 10.4 Å². The van der Waals surface area contributed by atoms with Gasteiger partial charge in [0.1, 0.15) is 4.21 Å². The van der Waals surface area contributed by atoms with Crippen molar-refractivity contribution in [2.75, 3.05) is 19.8 Å². The SMILES string of the molecule is C[C@@H]1COCCN1S(=O)(=O)c1ccc(CC(=O)O)s1. The Labute approximate surface area is 115 Å². The summed E-state index contributed by atoms with van der Waals surface area (Å²) in [5, 5.41) is 8.70. The Morgan fingerprint density at radius 3 is 2.95 bits per heavy atom. The number of sulfonamides is 1. The lowest BCUT2D eigenvalue weighted by Gasteiger charge is -2.31. The highest BCUT2D eigenvalue weighted by atomic mass is 32.2. The van der Waals surface area contributed by atoms with Crippen LogP contribution in [0.25, 0.3) is 0 Å². The predicted octanol–water partition coefficient (Wildman–Crippen LogP) is 0.785. The quantitative estimate of drug-likeness (QED) is 0.889. The van der Waals surface area contributed by atoms with E-state index < -0.39 is 16.0 Å². The predicted molar refractivity (Wildman–Crippen MR) is 69.8 cm³/mol. The number of hydrogen-bond donors (Lipinski definition) is 1. The third kappa shape index (κ3) is 3.14. The first-order chi connectivity index (χ1) is 8.91. The molecule has 2 heterocycles. The van der Waals surface area contributed by atoms with Gasteiger partial charge in [0.15, 0.2) is 0 Å². The normalized spacial score (nSPS) is 21.4. The second kappa shape index (κ2) is 5.58. The fraction of sp³-hybridized carbons (Fsp3) is 0.545. The second-order valence-corrected chi connectivity index (χ2v) is 7.62. The van der Waals surface area contributed by atoms with E-state index in [4.69, 9.17) is 9.84 Å². The largest absolute Gasteiger partial charge is 0.481 e. The van der Waals surface area contributed by atoms with E-state index in [1.807, 2.05) is 0 Å². The standard InChI is InChI=1S/C11H15NO5S2/c1-8-7-17-5-4-12(8)19(15,16)11-3-2-9(18-11)6-10(13)14/h2-3,8H,4-7H2,1H3,(H,13,14)/t8-/m1/s1. The molecule has 1 N–H and O–H groups in total. The molecule has 1 saturated heterocycles. The van der Waals surface area contributed by atoms with Gasteiger partial charge in [0.25, 0.3) is 10.0 Å². The summed E-state index contributed by atoms with van der Waals surface area (Å²) in [5.74, 6) is -0.967. The van der Waals surface area contributed by atoms with E-state index in [0.29, 0.717) is 24.6 Å². The number of ether oxygens (including phenoxy) is 1. The van der Waals surface area contributed by atoms with Gasteiger partial charge >= 0.3 is 5.97 Å². The highest BCUT2D eigenvalue weighted by Gasteiger charge is 2.32. The van der Waals surface area contributed by atoms with Gasteiger partial charge in [-0.25, -0.2) is 8.42 Å². The summed E-state index contributed by atoms with van der Waals surface area (Å²) in [6.07, 6.45) is -0.154. The summed E-state index contributed by atoms with van der Waals surface area (Å²) in [7, 11) is -3.55. The first kappa shape index (κ1) is 14.4. The van der Waals surface area contributed by atoms with Gasteiger partial charge in [0, 0.05) is 17.5 Å². The molecule has 1 aliphatic heterocycles. The highest BCUT2D eigenvalue weighted by Crippen LogP contribution is 2.27. The molecular weight excluding hydrogens is 290 g/mol. The van der Waals surface area contributed by atoms with Crippen molar-refractivity contribution < 1.29 is 23.1 Å². The van der Waals surface area contributed by atoms with Crippen LogP contribution >= 0.6 is 11.3 Å². The molecule has 8 heteroatoms. The number of nitrogens with zero attached hydrogens (tertiary/aromatic N) is 1. The summed E-state index contributed by atoms with van der Waals surface area (Å²) in [6, 6.07) is 2.82. The molecule has 19 heavy (non-hydrogen) atoms. The first-order valence-corrected chi connectivity index (χ1v) is 8.07. The minimum Gasteiger partial charge on any atom is -0.481 e. The summed E-state index contributed by atoms with van der Waals surface area (Å²) >= 11 is 1.01. The van der Waals surface area contributed by atoms with E-state index in [2.05, 4.69) is 0 Å². The minimum absolute atomic E-state index is 0.154. The van der Waals surface area contributed by atoms with Crippen LogP contribution in [0, 0.1) is 0 Å². The van der Waals surface area contributed by atoms with Crippen molar-refractivity contribution in [2.24, 2.45) is 0 Å². The van der Waals surface area contributed by atoms with Crippen LogP contribution in [-0.2, 0) is 26.0 Å². The number of morpholine rings is 1. The molecular formula is C11H15NO5S2. The zero-order valence-corrected chi connectivity index (χ0v) is 12.0. The molecule has 1 atom stereocenters. The molecule has 0 spiro atoms. The number of rotatable bonds is 4. The first-order valence-electron chi connectivity index (χ1n) is 5.81. The number of hydrogen-bond acceptors (Lipinski definition) is 5. The Kier molecular flexibility index (Phi) is 4.24. The van der Waals surface area contributed by atoms with E-state index in [0.717, 1.165) is 11.3 Å². The monoisotopic (exact) mass is 305 g/mol. The van der Waals surface area contributed by atoms with E-state index in [-0.39, 0.29) is 16.7 Å². The molecule has 1 aromatic rings. The average molecular weight is 305 g/mol. The van der Waals surface area contributed by atoms with Gasteiger partial charge < -0.3 is 9.84 Å². The van der Waals surface area contributed by atoms with Gasteiger partial charge in [0.05, 0.1) is 19.6 Å². The molecule has 6 nitrogen and oxygen atoms in total. The zero-order chi connectivity index (χ0) is 14.0. The summed E-state index contributed by atoms with van der Waals surface area (Å²) in [6.45, 7) is 2.89. The molecule has 0 amide bonds. The summed E-state index contributed by atoms with van der Waals surface area (Å²) in [5.41, 5.74) is 0. The van der Waals surface area contributed by atoms with Crippen molar-refractivity contribution in [1.82, 2.24) is 4.31 Å². The maximum absolute atomic E-state index is 12.4. The molecule has 1 aromatic heterocycles. The highest BCUT2D eigenvalue weighted by molar-refractivity contribution is 7.91. The van der Waals surface area contributed by atoms with Gasteiger partial charge in [-0.3, -0.25) is 4.79 Å². The Bertz CT molecular complexity index is 565. The zero-order valence-electron chi connectivity index (χ0n) is 10.4. The fourth-order valence-corrected chi connectivity index (χ4v) is 5.00. The molecule has 0 saturated carbocycles. The number of aliphatic carboxylic acids is 1. The van der Waals surface area contributed by atoms with Crippen LogP contribution in [0.1, 0.15) is 11.8 Å². The number of carboxylic acid groups (broad SMARTS) is 1. The summed E-state index contributed by atoms with van der Waals surface area (Å²) < 4.78 is 31.7. The Hall–Kier alpha value is -0.960. The van der Waals surface area contributed by atoms with E-state index in [1.54, 1.807) is 13.0 Å². The van der Waals surface area contributed by atoms with Crippen LogP contribution in [0.3, 0.4) is 0 Å². The van der Waals surface area contributed by atoms with Crippen molar-refractivity contribution in [2.45, 2.75) is 23.6 Å². The lowest BCUT2D eigenvalue weighted by molar-refractivity contribution is -0.136. The average Bonchev–Trinajstić information content (AvgIpc) is 2.77. The lowest BCUT2D eigenvalue weighted by atomic mass is 10.3. The molecule has 2 rings (SSSR count). The smallest absolute Gasteiger partial charge is 0.308 e. The maximum atomic E-state index is 12.4. The minimum atomic E-state index is -3.55. The van der Waals surface area contributed by atoms with E-state index in [9.17, 15) is 13.2 Å². The maximum Gasteiger partial charge on any atom is 0.308 e. The number of carbonyl (C=O) groups is 1. The van der Waals surface area contributed by atoms with Crippen LogP contribution in [0.2, 0.25) is 0 Å². The molecule has 0 radical (unpaired) electrons. The van der Waals surface area contributed by atoms with Crippen LogP contribution in [-0.4, -0.2) is 49.6 Å². The molecule has 0 bridgehead atoms. The van der Waals surface area contributed by atoms with Crippen molar-refractivity contribution >= 4 is 27.3 Å². The molecule has 1 fully saturated rings. The molecule has 1 aliphatic rings. The Morgan fingerprint density at radius 1 is 1.58 bits per heavy atom. The van der Waals surface area contributed by atoms with Crippen LogP contribution in [0.15, 0.2) is 16.3 Å². The van der Waals surface area contributed by atoms with Crippen molar-refractivity contribution in [1.29, 1.82) is 0 Å². The molecule has 106 valence electrons. The second-order valence-electron chi connectivity index (χ2n) is 4.33. The topological polar surface area (TPSA) is 83.9 Å². The van der Waals surface area contributed by atoms with Gasteiger partial charge in [-0.1, -0.05) is 0 Å². The van der Waals surface area contributed by atoms with Crippen molar-refractivity contribution in [3.63, 3.8) is 0 Å². The third-order valence-electron chi connectivity index (χ3n) is 2.83. The lowest BCUT2D eigenvalue weighted by Crippen LogP contribution is -2.46. The van der Waals surface area contributed by atoms with Crippen LogP contribution < -0.4 is 0 Å². The van der Waals surface area contributed by atoms with Crippen molar-refractivity contribution in [3.05, 3.63) is 17.0 Å². The molecule has 0 unspecified atom stereocenters. The molecule has 0 aromatic carbocycles. The van der Waals surface area contributed by atoms with Crippen LogP contribution in [0.5, 0.6) is 0 Å². The van der Waals surface area contributed by atoms with Gasteiger partial charge in [-0.05, 0) is 19.1 Å². The Balaban J connectivity index is 2.23. The van der Waals surface area contributed by atoms with Crippen LogP contribution in [0.4, 0.5) is 0 Å².